The van der Waals surface area contributed by atoms with Crippen molar-refractivity contribution < 1.29 is 15.0 Å². The van der Waals surface area contributed by atoms with Crippen molar-refractivity contribution in [1.82, 2.24) is 4.90 Å². The van der Waals surface area contributed by atoms with Gasteiger partial charge in [0.05, 0.1) is 11.7 Å². The predicted octanol–water partition coefficient (Wildman–Crippen LogP) is 2.39. The highest BCUT2D eigenvalue weighted by molar-refractivity contribution is 5.87. The maximum absolute atomic E-state index is 11.0. The number of rotatable bonds is 2. The molecule has 4 heteroatoms. The number of hydrogen-bond acceptors (Lipinski definition) is 3. The van der Waals surface area contributed by atoms with Crippen molar-refractivity contribution in [1.29, 1.82) is 0 Å². The molecule has 1 aromatic carbocycles. The largest absolute Gasteiger partial charge is 0.478 e. The Bertz CT molecular complexity index is 514. The molecule has 2 atom stereocenters. The molecule has 2 N–H and O–H groups in total. The molecule has 0 radical (unpaired) electrons. The van der Waals surface area contributed by atoms with Crippen molar-refractivity contribution in [3.05, 3.63) is 34.9 Å². The predicted molar refractivity (Wildman–Crippen MR) is 75.5 cm³/mol. The Morgan fingerprint density at radius 2 is 1.85 bits per heavy atom. The maximum atomic E-state index is 11.0. The fourth-order valence-corrected chi connectivity index (χ4v) is 3.48. The third-order valence-electron chi connectivity index (χ3n) is 4.61. The monoisotopic (exact) mass is 275 g/mol. The quantitative estimate of drug-likeness (QED) is 0.814. The first kappa shape index (κ1) is 13.6. The summed E-state index contributed by atoms with van der Waals surface area (Å²) < 4.78 is 0. The molecule has 1 fully saturated rings. The van der Waals surface area contributed by atoms with E-state index in [1.54, 1.807) is 12.1 Å². The van der Waals surface area contributed by atoms with Crippen LogP contribution in [-0.2, 0) is 13.1 Å². The van der Waals surface area contributed by atoms with Crippen LogP contribution in [0.5, 0.6) is 0 Å². The van der Waals surface area contributed by atoms with Gasteiger partial charge >= 0.3 is 5.97 Å². The van der Waals surface area contributed by atoms with Gasteiger partial charge in [0, 0.05) is 19.1 Å². The summed E-state index contributed by atoms with van der Waals surface area (Å²) in [4.78, 5) is 13.3. The van der Waals surface area contributed by atoms with Gasteiger partial charge in [0.15, 0.2) is 0 Å². The molecule has 0 amide bonds. The van der Waals surface area contributed by atoms with Crippen LogP contribution in [0, 0.1) is 0 Å². The van der Waals surface area contributed by atoms with E-state index in [0.29, 0.717) is 5.56 Å². The standard InChI is InChI=1S/C16H21NO3/c18-15-5-3-1-2-4-14(15)17-9-12-7-6-11(16(19)20)8-13(12)10-17/h6-8,14-15,18H,1-5,9-10H2,(H,19,20). The molecule has 0 aromatic heterocycles. The molecule has 0 bridgehead atoms. The molecule has 3 rings (SSSR count). The van der Waals surface area contributed by atoms with Crippen molar-refractivity contribution in [2.75, 3.05) is 0 Å². The number of aromatic carboxylic acids is 1. The number of aliphatic hydroxyl groups excluding tert-OH is 1. The van der Waals surface area contributed by atoms with Crippen molar-refractivity contribution >= 4 is 5.97 Å². The average molecular weight is 275 g/mol. The zero-order chi connectivity index (χ0) is 14.1. The Morgan fingerprint density at radius 3 is 2.65 bits per heavy atom. The highest BCUT2D eigenvalue weighted by Gasteiger charge is 2.31. The van der Waals surface area contributed by atoms with Crippen LogP contribution in [0.4, 0.5) is 0 Å². The van der Waals surface area contributed by atoms with Gasteiger partial charge in [-0.2, -0.15) is 0 Å². The zero-order valence-corrected chi connectivity index (χ0v) is 11.6. The molecule has 1 aliphatic heterocycles. The summed E-state index contributed by atoms with van der Waals surface area (Å²) in [5, 5.41) is 19.4. The van der Waals surface area contributed by atoms with Crippen LogP contribution in [0.1, 0.15) is 53.6 Å². The molecule has 4 nitrogen and oxygen atoms in total. The topological polar surface area (TPSA) is 60.8 Å². The highest BCUT2D eigenvalue weighted by Crippen LogP contribution is 2.31. The normalized spacial score (nSPS) is 27.1. The second kappa shape index (κ2) is 5.54. The molecule has 0 saturated heterocycles. The van der Waals surface area contributed by atoms with Gasteiger partial charge in [-0.15, -0.1) is 0 Å². The number of nitrogens with zero attached hydrogens (tertiary/aromatic N) is 1. The van der Waals surface area contributed by atoms with Gasteiger partial charge < -0.3 is 10.2 Å². The molecule has 1 aliphatic carbocycles. The Hall–Kier alpha value is -1.39. The molecule has 2 aliphatic rings. The Kier molecular flexibility index (Phi) is 3.76. The average Bonchev–Trinajstić information content (AvgIpc) is 2.72. The number of carbonyl (C=O) groups is 1. The van der Waals surface area contributed by atoms with E-state index in [1.807, 2.05) is 6.07 Å². The molecule has 2 unspecified atom stereocenters. The summed E-state index contributed by atoms with van der Waals surface area (Å²) in [5.41, 5.74) is 2.65. The van der Waals surface area contributed by atoms with Gasteiger partial charge in [-0.1, -0.05) is 25.3 Å². The van der Waals surface area contributed by atoms with Crippen LogP contribution in [0.25, 0.3) is 0 Å². The Labute approximate surface area is 119 Å². The Morgan fingerprint density at radius 1 is 1.10 bits per heavy atom. The summed E-state index contributed by atoms with van der Waals surface area (Å²) in [7, 11) is 0. The van der Waals surface area contributed by atoms with Gasteiger partial charge in [0.25, 0.3) is 0 Å². The highest BCUT2D eigenvalue weighted by atomic mass is 16.4. The smallest absolute Gasteiger partial charge is 0.335 e. The van der Waals surface area contributed by atoms with E-state index < -0.39 is 5.97 Å². The van der Waals surface area contributed by atoms with Gasteiger partial charge in [-0.05, 0) is 36.1 Å². The number of carboxylic acid groups (broad SMARTS) is 1. The Balaban J connectivity index is 1.77. The molecule has 108 valence electrons. The van der Waals surface area contributed by atoms with Crippen LogP contribution in [0.3, 0.4) is 0 Å². The van der Waals surface area contributed by atoms with Gasteiger partial charge in [0.1, 0.15) is 0 Å². The number of hydrogen-bond donors (Lipinski definition) is 2. The van der Waals surface area contributed by atoms with Crippen LogP contribution in [-0.4, -0.2) is 33.2 Å². The number of aliphatic hydroxyl groups is 1. The molecule has 1 heterocycles. The van der Waals surface area contributed by atoms with Crippen molar-refractivity contribution in [3.63, 3.8) is 0 Å². The minimum atomic E-state index is -0.874. The number of benzene rings is 1. The first-order valence-electron chi connectivity index (χ1n) is 7.42. The summed E-state index contributed by atoms with van der Waals surface area (Å²) in [6.45, 7) is 1.59. The first-order chi connectivity index (χ1) is 9.65. The van der Waals surface area contributed by atoms with Gasteiger partial charge in [0.2, 0.25) is 0 Å². The van der Waals surface area contributed by atoms with E-state index in [-0.39, 0.29) is 12.1 Å². The first-order valence-corrected chi connectivity index (χ1v) is 7.42. The van der Waals surface area contributed by atoms with E-state index in [1.165, 1.54) is 18.4 Å². The third-order valence-corrected chi connectivity index (χ3v) is 4.61. The lowest BCUT2D eigenvalue weighted by atomic mass is 10.0. The van der Waals surface area contributed by atoms with Crippen molar-refractivity contribution in [3.8, 4) is 0 Å². The van der Waals surface area contributed by atoms with Crippen molar-refractivity contribution in [2.45, 2.75) is 57.3 Å². The lowest BCUT2D eigenvalue weighted by molar-refractivity contribution is 0.0420. The molecule has 20 heavy (non-hydrogen) atoms. The van der Waals surface area contributed by atoms with E-state index in [9.17, 15) is 9.90 Å². The van der Waals surface area contributed by atoms with Crippen LogP contribution < -0.4 is 0 Å². The van der Waals surface area contributed by atoms with Gasteiger partial charge in [-0.3, -0.25) is 4.90 Å². The summed E-state index contributed by atoms with van der Waals surface area (Å²) in [6, 6.07) is 5.59. The van der Waals surface area contributed by atoms with E-state index in [4.69, 9.17) is 5.11 Å². The minimum absolute atomic E-state index is 0.221. The molecular weight excluding hydrogens is 254 g/mol. The minimum Gasteiger partial charge on any atom is -0.478 e. The maximum Gasteiger partial charge on any atom is 0.335 e. The van der Waals surface area contributed by atoms with Gasteiger partial charge in [-0.25, -0.2) is 4.79 Å². The lowest BCUT2D eigenvalue weighted by Crippen LogP contribution is -2.39. The van der Waals surface area contributed by atoms with E-state index in [2.05, 4.69) is 4.90 Å². The van der Waals surface area contributed by atoms with Crippen LogP contribution >= 0.6 is 0 Å². The summed E-state index contributed by atoms with van der Waals surface area (Å²) in [6.07, 6.45) is 5.18. The fraction of sp³-hybridized carbons (Fsp3) is 0.562. The molecule has 0 spiro atoms. The van der Waals surface area contributed by atoms with Crippen LogP contribution in [0.15, 0.2) is 18.2 Å². The fourth-order valence-electron chi connectivity index (χ4n) is 3.48. The second-order valence-corrected chi connectivity index (χ2v) is 5.97. The molecule has 1 aromatic rings. The zero-order valence-electron chi connectivity index (χ0n) is 11.6. The number of fused-ring (bicyclic) bond motifs is 1. The van der Waals surface area contributed by atoms with Crippen LogP contribution in [0.2, 0.25) is 0 Å². The second-order valence-electron chi connectivity index (χ2n) is 5.97. The SMILES string of the molecule is O=C(O)c1ccc2c(c1)CN(C1CCCCCC1O)C2. The summed E-state index contributed by atoms with van der Waals surface area (Å²) >= 11 is 0. The number of carboxylic acids is 1. The molecule has 1 saturated carbocycles. The summed E-state index contributed by atoms with van der Waals surface area (Å²) in [5.74, 6) is -0.874. The third kappa shape index (κ3) is 2.58. The lowest BCUT2D eigenvalue weighted by Gasteiger charge is -2.30. The molecular formula is C16H21NO3. The van der Waals surface area contributed by atoms with Crippen molar-refractivity contribution in [2.24, 2.45) is 0 Å². The van der Waals surface area contributed by atoms with E-state index >= 15 is 0 Å². The van der Waals surface area contributed by atoms with E-state index in [0.717, 1.165) is 37.9 Å².